The van der Waals surface area contributed by atoms with Gasteiger partial charge in [0.05, 0.1) is 30.0 Å². The van der Waals surface area contributed by atoms with E-state index < -0.39 is 0 Å². The van der Waals surface area contributed by atoms with E-state index in [1.165, 1.54) is 11.3 Å². The van der Waals surface area contributed by atoms with Crippen molar-refractivity contribution in [3.8, 4) is 11.5 Å². The molecule has 1 amide bonds. The van der Waals surface area contributed by atoms with Gasteiger partial charge >= 0.3 is 0 Å². The maximum Gasteiger partial charge on any atom is 0.266 e. The number of carbonyl (C=O) groups excluding carboxylic acids is 1. The van der Waals surface area contributed by atoms with Crippen LogP contribution in [0.25, 0.3) is 10.2 Å². The Morgan fingerprint density at radius 2 is 2.00 bits per heavy atom. The molecule has 2 heterocycles. The van der Waals surface area contributed by atoms with Gasteiger partial charge < -0.3 is 14.2 Å². The van der Waals surface area contributed by atoms with Gasteiger partial charge in [-0.05, 0) is 49.2 Å². The molecular formula is C21H22N2O4S. The molecule has 0 N–H and O–H groups in total. The largest absolute Gasteiger partial charge is 0.497 e. The Kier molecular flexibility index (Phi) is 5.73. The maximum atomic E-state index is 13.0. The topological polar surface area (TPSA) is 60.9 Å². The number of benzene rings is 2. The fraction of sp³-hybridized carbons (Fsp3) is 0.333. The quantitative estimate of drug-likeness (QED) is 0.604. The van der Waals surface area contributed by atoms with E-state index in [0.29, 0.717) is 17.4 Å². The SMILES string of the molecule is COc1ccc(OCC(=O)N(CC2CCCO2)c2nc3ccccc3s2)cc1. The molecule has 1 aliphatic rings. The van der Waals surface area contributed by atoms with Gasteiger partial charge in [0, 0.05) is 6.61 Å². The number of hydrogen-bond donors (Lipinski definition) is 0. The van der Waals surface area contributed by atoms with Crippen LogP contribution in [0.1, 0.15) is 12.8 Å². The Hall–Kier alpha value is -2.64. The highest BCUT2D eigenvalue weighted by molar-refractivity contribution is 7.22. The van der Waals surface area contributed by atoms with Crippen LogP contribution in [0.2, 0.25) is 0 Å². The molecule has 0 radical (unpaired) electrons. The van der Waals surface area contributed by atoms with Gasteiger partial charge in [0.2, 0.25) is 0 Å². The molecule has 0 saturated carbocycles. The van der Waals surface area contributed by atoms with Gasteiger partial charge in [0.1, 0.15) is 11.5 Å². The normalized spacial score (nSPS) is 16.2. The van der Waals surface area contributed by atoms with Crippen molar-refractivity contribution in [3.63, 3.8) is 0 Å². The first-order valence-corrected chi connectivity index (χ1v) is 10.1. The maximum absolute atomic E-state index is 13.0. The van der Waals surface area contributed by atoms with Crippen LogP contribution in [-0.2, 0) is 9.53 Å². The van der Waals surface area contributed by atoms with Crippen LogP contribution in [-0.4, -0.2) is 43.9 Å². The second kappa shape index (κ2) is 8.58. The van der Waals surface area contributed by atoms with E-state index in [1.807, 2.05) is 24.3 Å². The molecule has 0 aliphatic carbocycles. The molecule has 3 aromatic rings. The molecule has 2 aromatic carbocycles. The Labute approximate surface area is 167 Å². The van der Waals surface area contributed by atoms with E-state index in [9.17, 15) is 4.79 Å². The third-order valence-corrected chi connectivity index (χ3v) is 5.71. The monoisotopic (exact) mass is 398 g/mol. The van der Waals surface area contributed by atoms with Crippen molar-refractivity contribution in [3.05, 3.63) is 48.5 Å². The minimum absolute atomic E-state index is 0.0388. The molecule has 1 fully saturated rings. The summed E-state index contributed by atoms with van der Waals surface area (Å²) in [6.45, 7) is 1.18. The Balaban J connectivity index is 1.50. The van der Waals surface area contributed by atoms with E-state index in [1.54, 1.807) is 36.3 Å². The first-order chi connectivity index (χ1) is 13.7. The first-order valence-electron chi connectivity index (χ1n) is 9.27. The van der Waals surface area contributed by atoms with Gasteiger partial charge in [-0.2, -0.15) is 0 Å². The fourth-order valence-corrected chi connectivity index (χ4v) is 4.14. The second-order valence-corrected chi connectivity index (χ2v) is 7.58. The number of para-hydroxylation sites is 1. The summed E-state index contributed by atoms with van der Waals surface area (Å²) in [4.78, 5) is 19.3. The van der Waals surface area contributed by atoms with Crippen molar-refractivity contribution in [2.24, 2.45) is 0 Å². The van der Waals surface area contributed by atoms with Crippen LogP contribution in [0.15, 0.2) is 48.5 Å². The summed E-state index contributed by atoms with van der Waals surface area (Å²) in [5.41, 5.74) is 0.892. The van der Waals surface area contributed by atoms with Crippen molar-refractivity contribution in [1.29, 1.82) is 0 Å². The second-order valence-electron chi connectivity index (χ2n) is 6.57. The van der Waals surface area contributed by atoms with Crippen LogP contribution in [0, 0.1) is 0 Å². The minimum Gasteiger partial charge on any atom is -0.497 e. The van der Waals surface area contributed by atoms with Crippen molar-refractivity contribution in [2.75, 3.05) is 31.8 Å². The van der Waals surface area contributed by atoms with Gasteiger partial charge in [-0.1, -0.05) is 23.5 Å². The van der Waals surface area contributed by atoms with E-state index in [4.69, 9.17) is 14.2 Å². The third-order valence-electron chi connectivity index (χ3n) is 4.65. The highest BCUT2D eigenvalue weighted by Gasteiger charge is 2.26. The zero-order valence-electron chi connectivity index (χ0n) is 15.7. The third kappa shape index (κ3) is 4.26. The molecule has 146 valence electrons. The number of amides is 1. The van der Waals surface area contributed by atoms with Gasteiger partial charge in [-0.25, -0.2) is 4.98 Å². The van der Waals surface area contributed by atoms with Crippen molar-refractivity contribution in [2.45, 2.75) is 18.9 Å². The summed E-state index contributed by atoms with van der Waals surface area (Å²) in [7, 11) is 1.61. The van der Waals surface area contributed by atoms with E-state index >= 15 is 0 Å². The summed E-state index contributed by atoms with van der Waals surface area (Å²) < 4.78 is 17.6. The molecule has 1 aliphatic heterocycles. The number of anilines is 1. The molecule has 6 nitrogen and oxygen atoms in total. The van der Waals surface area contributed by atoms with Crippen molar-refractivity contribution < 1.29 is 19.0 Å². The average Bonchev–Trinajstić information content (AvgIpc) is 3.40. The Morgan fingerprint density at radius 1 is 1.21 bits per heavy atom. The lowest BCUT2D eigenvalue weighted by molar-refractivity contribution is -0.120. The first kappa shape index (κ1) is 18.7. The highest BCUT2D eigenvalue weighted by Crippen LogP contribution is 2.30. The summed E-state index contributed by atoms with van der Waals surface area (Å²) in [5.74, 6) is 1.23. The smallest absolute Gasteiger partial charge is 0.266 e. The Bertz CT molecular complexity index is 902. The van der Waals surface area contributed by atoms with Crippen LogP contribution in [0.3, 0.4) is 0 Å². The summed E-state index contributed by atoms with van der Waals surface area (Å²) >= 11 is 1.51. The van der Waals surface area contributed by atoms with Crippen molar-refractivity contribution >= 4 is 32.6 Å². The number of rotatable bonds is 7. The van der Waals surface area contributed by atoms with Gasteiger partial charge in [-0.15, -0.1) is 0 Å². The van der Waals surface area contributed by atoms with Crippen molar-refractivity contribution in [1.82, 2.24) is 4.98 Å². The average molecular weight is 398 g/mol. The van der Waals surface area contributed by atoms with E-state index in [-0.39, 0.29) is 18.6 Å². The molecule has 1 unspecified atom stereocenters. The number of aromatic nitrogens is 1. The van der Waals surface area contributed by atoms with Gasteiger partial charge in [0.15, 0.2) is 11.7 Å². The zero-order valence-corrected chi connectivity index (χ0v) is 16.5. The number of carbonyl (C=O) groups is 1. The molecule has 7 heteroatoms. The van der Waals surface area contributed by atoms with E-state index in [0.717, 1.165) is 35.4 Å². The minimum atomic E-state index is -0.134. The molecule has 28 heavy (non-hydrogen) atoms. The molecule has 4 rings (SSSR count). The predicted octanol–water partition coefficient (Wildman–Crippen LogP) is 3.90. The molecule has 1 atom stereocenters. The molecule has 0 spiro atoms. The number of nitrogens with zero attached hydrogens (tertiary/aromatic N) is 2. The van der Waals surface area contributed by atoms with Gasteiger partial charge in [-0.3, -0.25) is 9.69 Å². The zero-order chi connectivity index (χ0) is 19.3. The fourth-order valence-electron chi connectivity index (χ4n) is 3.15. The lowest BCUT2D eigenvalue weighted by Crippen LogP contribution is -2.40. The number of thiazole rings is 1. The lowest BCUT2D eigenvalue weighted by atomic mass is 10.2. The number of ether oxygens (including phenoxy) is 3. The van der Waals surface area contributed by atoms with Crippen LogP contribution < -0.4 is 14.4 Å². The molecule has 1 saturated heterocycles. The number of fused-ring (bicyclic) bond motifs is 1. The molecular weight excluding hydrogens is 376 g/mol. The van der Waals surface area contributed by atoms with Crippen LogP contribution in [0.4, 0.5) is 5.13 Å². The van der Waals surface area contributed by atoms with Crippen LogP contribution >= 0.6 is 11.3 Å². The van der Waals surface area contributed by atoms with Crippen LogP contribution in [0.5, 0.6) is 11.5 Å². The number of hydrogen-bond acceptors (Lipinski definition) is 6. The number of methoxy groups -OCH3 is 1. The van der Waals surface area contributed by atoms with Gasteiger partial charge in [0.25, 0.3) is 5.91 Å². The predicted molar refractivity (Wildman–Crippen MR) is 109 cm³/mol. The standard InChI is InChI=1S/C21H22N2O4S/c1-25-15-8-10-16(11-9-15)27-14-20(24)23(13-17-5-4-12-26-17)21-22-18-6-2-3-7-19(18)28-21/h2-3,6-11,17H,4-5,12-14H2,1H3. The summed E-state index contributed by atoms with van der Waals surface area (Å²) in [6, 6.07) is 15.1. The lowest BCUT2D eigenvalue weighted by Gasteiger charge is -2.23. The summed E-state index contributed by atoms with van der Waals surface area (Å²) in [5, 5.41) is 0.681. The summed E-state index contributed by atoms with van der Waals surface area (Å²) in [6.07, 6.45) is 2.01. The molecule has 1 aromatic heterocycles. The highest BCUT2D eigenvalue weighted by atomic mass is 32.1. The Morgan fingerprint density at radius 3 is 2.71 bits per heavy atom. The molecule has 0 bridgehead atoms. The van der Waals surface area contributed by atoms with E-state index in [2.05, 4.69) is 4.98 Å².